The van der Waals surface area contributed by atoms with Gasteiger partial charge in [-0.3, -0.25) is 0 Å². The minimum atomic E-state index is -2.32. The summed E-state index contributed by atoms with van der Waals surface area (Å²) in [5.74, 6) is 1.87. The Hall–Kier alpha value is 1.13. The van der Waals surface area contributed by atoms with E-state index >= 15 is 0 Å². The van der Waals surface area contributed by atoms with Gasteiger partial charge in [0.2, 0.25) is 0 Å². The van der Waals surface area contributed by atoms with Gasteiger partial charge in [-0.25, -0.2) is 0 Å². The van der Waals surface area contributed by atoms with Crippen molar-refractivity contribution in [2.45, 2.75) is 26.1 Å². The Morgan fingerprint density at radius 1 is 1.40 bits per heavy atom. The van der Waals surface area contributed by atoms with E-state index in [9.17, 15) is 0 Å². The van der Waals surface area contributed by atoms with Gasteiger partial charge in [0.1, 0.15) is 0 Å². The molecule has 0 aromatic carbocycles. The van der Waals surface area contributed by atoms with Crippen molar-refractivity contribution in [2.24, 2.45) is 0 Å². The van der Waals surface area contributed by atoms with Gasteiger partial charge in [-0.05, 0) is 0 Å². The monoisotopic (exact) mass is 268 g/mol. The third-order valence-corrected chi connectivity index (χ3v) is 7.21. The fourth-order valence-electron chi connectivity index (χ4n) is 0.443. The SMILES string of the molecule is CC/C(Cl)=C(\C)[Se](C)(Cl)Cl. The Morgan fingerprint density at radius 3 is 1.90 bits per heavy atom. The fourth-order valence-corrected chi connectivity index (χ4v) is 3.74. The van der Waals surface area contributed by atoms with Crippen LogP contribution in [0.25, 0.3) is 0 Å². The summed E-state index contributed by atoms with van der Waals surface area (Å²) < 4.78 is 0.990. The standard InChI is InChI=1S/C6H11Cl3Se/c1-4-6(7)5(2)10(3,8)9/h4H2,1-3H3/b6-5-. The summed E-state index contributed by atoms with van der Waals surface area (Å²) in [5, 5.41) is 0.813. The van der Waals surface area contributed by atoms with Crippen molar-refractivity contribution in [1.82, 2.24) is 0 Å². The second-order valence-electron chi connectivity index (χ2n) is 2.04. The van der Waals surface area contributed by atoms with Gasteiger partial charge < -0.3 is 0 Å². The Bertz CT molecular complexity index is 146. The molecule has 10 heavy (non-hydrogen) atoms. The maximum absolute atomic E-state index is 5.94. The topological polar surface area (TPSA) is 0 Å². The van der Waals surface area contributed by atoms with Gasteiger partial charge >= 0.3 is 78.4 Å². The molecular weight excluding hydrogens is 257 g/mol. The molecule has 4 heteroatoms. The molecule has 0 nitrogen and oxygen atoms in total. The zero-order valence-corrected chi connectivity index (χ0v) is 10.2. The van der Waals surface area contributed by atoms with Gasteiger partial charge in [-0.2, -0.15) is 0 Å². The van der Waals surface area contributed by atoms with Crippen LogP contribution in [-0.4, -0.2) is 11.0 Å². The summed E-state index contributed by atoms with van der Waals surface area (Å²) in [6, 6.07) is 0. The van der Waals surface area contributed by atoms with E-state index in [1.54, 1.807) is 0 Å². The van der Waals surface area contributed by atoms with Gasteiger partial charge in [-0.15, -0.1) is 0 Å². The second kappa shape index (κ2) is 4.23. The van der Waals surface area contributed by atoms with E-state index in [1.807, 2.05) is 19.7 Å². The van der Waals surface area contributed by atoms with Crippen molar-refractivity contribution in [3.63, 3.8) is 0 Å². The Kier molecular flexibility index (Phi) is 4.71. The number of allylic oxidation sites excluding steroid dienone is 2. The summed E-state index contributed by atoms with van der Waals surface area (Å²) in [5.41, 5.74) is 0. The van der Waals surface area contributed by atoms with Crippen molar-refractivity contribution in [1.29, 1.82) is 0 Å². The molecular formula is C6H11Cl3Se. The molecule has 0 atom stereocenters. The van der Waals surface area contributed by atoms with Crippen LogP contribution >= 0.6 is 31.8 Å². The van der Waals surface area contributed by atoms with Crippen LogP contribution in [0.4, 0.5) is 0 Å². The van der Waals surface area contributed by atoms with Crippen molar-refractivity contribution in [3.05, 3.63) is 9.50 Å². The number of rotatable bonds is 2. The van der Waals surface area contributed by atoms with Crippen molar-refractivity contribution in [3.8, 4) is 0 Å². The van der Waals surface area contributed by atoms with Crippen LogP contribution in [-0.2, 0) is 0 Å². The zero-order valence-electron chi connectivity index (χ0n) is 6.25. The molecule has 0 amide bonds. The third kappa shape index (κ3) is 3.50. The minimum absolute atomic E-state index is 0.813. The molecule has 0 heterocycles. The molecule has 0 spiro atoms. The van der Waals surface area contributed by atoms with Crippen LogP contribution in [0.5, 0.6) is 0 Å². The van der Waals surface area contributed by atoms with E-state index in [-0.39, 0.29) is 0 Å². The molecule has 0 aliphatic carbocycles. The zero-order chi connectivity index (χ0) is 8.36. The first-order chi connectivity index (χ1) is 4.39. The number of halogens is 3. The van der Waals surface area contributed by atoms with Crippen molar-refractivity contribution >= 4 is 42.8 Å². The normalized spacial score (nSPS) is 16.6. The number of hydrogen-bond acceptors (Lipinski definition) is 0. The summed E-state index contributed by atoms with van der Waals surface area (Å²) in [4.78, 5) is 0. The molecule has 0 N–H and O–H groups in total. The van der Waals surface area contributed by atoms with E-state index < -0.39 is 11.0 Å². The molecule has 0 aliphatic heterocycles. The average Bonchev–Trinajstić information content (AvgIpc) is 1.83. The fraction of sp³-hybridized carbons (Fsp3) is 0.667. The Morgan fingerprint density at radius 2 is 1.80 bits per heavy atom. The predicted molar refractivity (Wildman–Crippen MR) is 52.2 cm³/mol. The summed E-state index contributed by atoms with van der Waals surface area (Å²) in [6.45, 7) is 3.90. The summed E-state index contributed by atoms with van der Waals surface area (Å²) in [6.07, 6.45) is 0.819. The molecule has 0 unspecified atom stereocenters. The van der Waals surface area contributed by atoms with Crippen LogP contribution in [0.2, 0.25) is 5.82 Å². The average molecular weight is 268 g/mol. The third-order valence-electron chi connectivity index (χ3n) is 1.23. The number of hydrogen-bond donors (Lipinski definition) is 0. The van der Waals surface area contributed by atoms with Gasteiger partial charge in [0, 0.05) is 0 Å². The van der Waals surface area contributed by atoms with Gasteiger partial charge in [0.05, 0.1) is 0 Å². The first-order valence-corrected chi connectivity index (χ1v) is 10.4. The van der Waals surface area contributed by atoms with E-state index in [0.29, 0.717) is 0 Å². The van der Waals surface area contributed by atoms with E-state index in [4.69, 9.17) is 31.8 Å². The van der Waals surface area contributed by atoms with Gasteiger partial charge in [-0.1, -0.05) is 0 Å². The molecule has 0 aromatic heterocycles. The maximum atomic E-state index is 5.94. The Labute approximate surface area is 78.2 Å². The quantitative estimate of drug-likeness (QED) is 0.664. The second-order valence-corrected chi connectivity index (χ2v) is 14.1. The van der Waals surface area contributed by atoms with E-state index in [2.05, 4.69) is 0 Å². The molecule has 0 saturated carbocycles. The first-order valence-electron chi connectivity index (χ1n) is 2.92. The van der Waals surface area contributed by atoms with Crippen LogP contribution in [0.1, 0.15) is 20.3 Å². The van der Waals surface area contributed by atoms with E-state index in [1.165, 1.54) is 0 Å². The van der Waals surface area contributed by atoms with Crippen LogP contribution in [0.15, 0.2) is 9.50 Å². The Balaban J connectivity index is 4.47. The summed E-state index contributed by atoms with van der Waals surface area (Å²) in [7, 11) is 11.9. The molecule has 0 fully saturated rings. The molecule has 0 bridgehead atoms. The van der Waals surface area contributed by atoms with Gasteiger partial charge in [0.15, 0.2) is 0 Å². The van der Waals surface area contributed by atoms with Crippen molar-refractivity contribution < 1.29 is 0 Å². The molecule has 0 rings (SSSR count). The van der Waals surface area contributed by atoms with Crippen LogP contribution < -0.4 is 0 Å². The molecule has 62 valence electrons. The van der Waals surface area contributed by atoms with Gasteiger partial charge in [0.25, 0.3) is 0 Å². The van der Waals surface area contributed by atoms with Crippen LogP contribution in [0, 0.1) is 0 Å². The molecule has 0 aromatic rings. The first kappa shape index (κ1) is 11.1. The molecule has 0 aliphatic rings. The predicted octanol–water partition coefficient (Wildman–Crippen LogP) is 4.00. The summed E-state index contributed by atoms with van der Waals surface area (Å²) >= 11 is 3.53. The molecule has 0 saturated heterocycles. The molecule has 0 radical (unpaired) electrons. The van der Waals surface area contributed by atoms with Crippen LogP contribution in [0.3, 0.4) is 0 Å². The van der Waals surface area contributed by atoms with Crippen molar-refractivity contribution in [2.75, 3.05) is 0 Å². The van der Waals surface area contributed by atoms with E-state index in [0.717, 1.165) is 15.9 Å².